The minimum atomic E-state index is -2.31. The zero-order chi connectivity index (χ0) is 37.9. The second kappa shape index (κ2) is 17.2. The van der Waals surface area contributed by atoms with Crippen LogP contribution in [-0.2, 0) is 19.1 Å². The highest BCUT2D eigenvalue weighted by Gasteiger charge is 2.41. The standard InChI is InChI=1S/C37H35N3O12/c1-20-8-6-10-23(16-20)36(46)51-30(31(35(44)45)52-37(47)24-11-7-9-21(2)17-24)34(43)40-39-33(42)22-12-14-26(15-13-22)38-32(41)25-18-27(48-3)29(50-5)28(19-25)49-4/h6-19,30-31H,1-5H3,(H,38,41)(H,39,42)(H,40,43)(H,44,45)/t30-,31-/m1/s1. The molecule has 4 rings (SSSR count). The molecule has 0 aliphatic rings. The number of aliphatic carboxylic acids is 1. The molecule has 4 N–H and O–H groups in total. The highest BCUT2D eigenvalue weighted by molar-refractivity contribution is 6.05. The third-order valence-electron chi connectivity index (χ3n) is 7.38. The molecule has 4 aromatic rings. The van der Waals surface area contributed by atoms with Gasteiger partial charge in [-0.2, -0.15) is 0 Å². The predicted molar refractivity (Wildman–Crippen MR) is 185 cm³/mol. The smallest absolute Gasteiger partial charge is 0.349 e. The molecule has 15 heteroatoms. The maximum absolute atomic E-state index is 13.3. The molecule has 2 atom stereocenters. The van der Waals surface area contributed by atoms with E-state index in [4.69, 9.17) is 23.7 Å². The molecule has 15 nitrogen and oxygen atoms in total. The number of amides is 3. The van der Waals surface area contributed by atoms with Crippen molar-refractivity contribution in [2.24, 2.45) is 0 Å². The van der Waals surface area contributed by atoms with E-state index in [1.807, 2.05) is 5.43 Å². The molecule has 0 heterocycles. The summed E-state index contributed by atoms with van der Waals surface area (Å²) in [5.74, 6) is -5.82. The average molecular weight is 714 g/mol. The molecule has 52 heavy (non-hydrogen) atoms. The molecule has 3 amide bonds. The highest BCUT2D eigenvalue weighted by Crippen LogP contribution is 2.38. The van der Waals surface area contributed by atoms with E-state index in [1.165, 1.54) is 82.0 Å². The Morgan fingerprint density at radius 1 is 0.577 bits per heavy atom. The average Bonchev–Trinajstić information content (AvgIpc) is 3.14. The van der Waals surface area contributed by atoms with Gasteiger partial charge in [0, 0.05) is 16.8 Å². The van der Waals surface area contributed by atoms with Crippen molar-refractivity contribution in [1.82, 2.24) is 10.9 Å². The number of rotatable bonds is 13. The number of carboxylic acids is 1. The molecule has 0 aliphatic carbocycles. The number of hydrazine groups is 1. The highest BCUT2D eigenvalue weighted by atomic mass is 16.6. The first kappa shape index (κ1) is 37.9. The summed E-state index contributed by atoms with van der Waals surface area (Å²) in [7, 11) is 4.25. The first-order chi connectivity index (χ1) is 24.8. The Labute approximate surface area is 297 Å². The molecule has 0 spiro atoms. The largest absolute Gasteiger partial charge is 0.493 e. The number of ether oxygens (including phenoxy) is 5. The van der Waals surface area contributed by atoms with E-state index in [0.29, 0.717) is 22.6 Å². The van der Waals surface area contributed by atoms with E-state index < -0.39 is 47.8 Å². The van der Waals surface area contributed by atoms with Gasteiger partial charge in [-0.05, 0) is 74.5 Å². The van der Waals surface area contributed by atoms with Gasteiger partial charge in [-0.15, -0.1) is 0 Å². The molecule has 270 valence electrons. The van der Waals surface area contributed by atoms with Crippen molar-refractivity contribution in [2.75, 3.05) is 26.6 Å². The second-order valence-corrected chi connectivity index (χ2v) is 11.1. The van der Waals surface area contributed by atoms with Crippen LogP contribution in [0.2, 0.25) is 0 Å². The van der Waals surface area contributed by atoms with Gasteiger partial charge in [0.05, 0.1) is 32.5 Å². The first-order valence-electron chi connectivity index (χ1n) is 15.4. The molecule has 0 fully saturated rings. The van der Waals surface area contributed by atoms with Gasteiger partial charge in [-0.3, -0.25) is 25.2 Å². The second-order valence-electron chi connectivity index (χ2n) is 11.1. The van der Waals surface area contributed by atoms with Crippen molar-refractivity contribution in [3.05, 3.63) is 118 Å². The van der Waals surface area contributed by atoms with E-state index in [0.717, 1.165) is 0 Å². The molecule has 0 aromatic heterocycles. The number of nitrogens with one attached hydrogen (secondary N) is 3. The van der Waals surface area contributed by atoms with Crippen molar-refractivity contribution in [3.8, 4) is 17.2 Å². The number of aryl methyl sites for hydroxylation is 2. The summed E-state index contributed by atoms with van der Waals surface area (Å²) in [5, 5.41) is 12.7. The molecule has 0 aliphatic heterocycles. The van der Waals surface area contributed by atoms with Crippen LogP contribution in [-0.4, -0.2) is 74.3 Å². The Hall–Kier alpha value is -6.90. The van der Waals surface area contributed by atoms with Crippen molar-refractivity contribution in [1.29, 1.82) is 0 Å². The molecule has 4 aromatic carbocycles. The number of methoxy groups -OCH3 is 3. The van der Waals surface area contributed by atoms with Gasteiger partial charge in [-0.1, -0.05) is 35.4 Å². The summed E-state index contributed by atoms with van der Waals surface area (Å²) in [6, 6.07) is 20.6. The van der Waals surface area contributed by atoms with Crippen LogP contribution >= 0.6 is 0 Å². The van der Waals surface area contributed by atoms with Gasteiger partial charge in [0.15, 0.2) is 11.5 Å². The molecule has 0 saturated carbocycles. The predicted octanol–water partition coefficient (Wildman–Crippen LogP) is 3.88. The van der Waals surface area contributed by atoms with Gasteiger partial charge < -0.3 is 34.1 Å². The minimum Gasteiger partial charge on any atom is -0.493 e. The maximum atomic E-state index is 13.3. The minimum absolute atomic E-state index is 0.00608. The van der Waals surface area contributed by atoms with Crippen LogP contribution in [0.3, 0.4) is 0 Å². The number of carboxylic acid groups (broad SMARTS) is 1. The van der Waals surface area contributed by atoms with E-state index in [1.54, 1.807) is 38.1 Å². The zero-order valence-electron chi connectivity index (χ0n) is 28.7. The summed E-state index contributed by atoms with van der Waals surface area (Å²) in [6.45, 7) is 3.41. The normalized spacial score (nSPS) is 11.6. The summed E-state index contributed by atoms with van der Waals surface area (Å²) in [4.78, 5) is 77.5. The van der Waals surface area contributed by atoms with E-state index in [-0.39, 0.29) is 33.8 Å². The summed E-state index contributed by atoms with van der Waals surface area (Å²) < 4.78 is 26.3. The Balaban J connectivity index is 1.48. The van der Waals surface area contributed by atoms with Crippen molar-refractivity contribution in [2.45, 2.75) is 26.1 Å². The lowest BCUT2D eigenvalue weighted by Gasteiger charge is -2.23. The van der Waals surface area contributed by atoms with E-state index >= 15 is 0 Å². The third kappa shape index (κ3) is 9.41. The summed E-state index contributed by atoms with van der Waals surface area (Å²) in [5.41, 5.74) is 6.01. The van der Waals surface area contributed by atoms with Crippen molar-refractivity contribution < 1.29 is 57.6 Å². The monoisotopic (exact) mass is 713 g/mol. The van der Waals surface area contributed by atoms with Crippen LogP contribution in [0.15, 0.2) is 84.9 Å². The SMILES string of the molecule is COc1cc(C(=O)Nc2ccc(C(=O)NNC(=O)[C@H](OC(=O)c3cccc(C)c3)[C@@H](OC(=O)c3cccc(C)c3)C(=O)O)cc2)cc(OC)c1OC. The number of hydrogen-bond acceptors (Lipinski definition) is 11. The molecule has 0 unspecified atom stereocenters. The fraction of sp³-hybridized carbons (Fsp3) is 0.189. The zero-order valence-corrected chi connectivity index (χ0v) is 28.7. The lowest BCUT2D eigenvalue weighted by Crippen LogP contribution is -2.54. The topological polar surface area (TPSA) is 205 Å². The van der Waals surface area contributed by atoms with Crippen LogP contribution in [0.25, 0.3) is 0 Å². The fourth-order valence-electron chi connectivity index (χ4n) is 4.79. The maximum Gasteiger partial charge on any atom is 0.349 e. The molecule has 0 radical (unpaired) electrons. The van der Waals surface area contributed by atoms with Gasteiger partial charge in [0.25, 0.3) is 17.7 Å². The van der Waals surface area contributed by atoms with Crippen LogP contribution in [0.1, 0.15) is 52.6 Å². The molecular formula is C37H35N3O12. The van der Waals surface area contributed by atoms with Gasteiger partial charge in [0.1, 0.15) is 0 Å². The van der Waals surface area contributed by atoms with Gasteiger partial charge in [-0.25, -0.2) is 14.4 Å². The quantitative estimate of drug-likeness (QED) is 0.115. The van der Waals surface area contributed by atoms with Crippen LogP contribution in [0.5, 0.6) is 17.2 Å². The Bertz CT molecular complexity index is 1970. The fourth-order valence-corrected chi connectivity index (χ4v) is 4.79. The van der Waals surface area contributed by atoms with Crippen LogP contribution < -0.4 is 30.4 Å². The Morgan fingerprint density at radius 3 is 1.56 bits per heavy atom. The molecule has 0 bridgehead atoms. The number of hydrogen-bond donors (Lipinski definition) is 4. The number of anilines is 1. The number of benzene rings is 4. The Kier molecular flexibility index (Phi) is 12.5. The van der Waals surface area contributed by atoms with Crippen molar-refractivity contribution >= 4 is 41.3 Å². The van der Waals surface area contributed by atoms with Crippen molar-refractivity contribution in [3.63, 3.8) is 0 Å². The van der Waals surface area contributed by atoms with Gasteiger partial charge in [0.2, 0.25) is 18.0 Å². The van der Waals surface area contributed by atoms with E-state index in [2.05, 4.69) is 10.7 Å². The third-order valence-corrected chi connectivity index (χ3v) is 7.38. The van der Waals surface area contributed by atoms with E-state index in [9.17, 15) is 33.9 Å². The number of carbonyl (C=O) groups is 6. The first-order valence-corrected chi connectivity index (χ1v) is 15.4. The summed E-state index contributed by atoms with van der Waals surface area (Å²) >= 11 is 0. The van der Waals surface area contributed by atoms with Crippen LogP contribution in [0, 0.1) is 13.8 Å². The van der Waals surface area contributed by atoms with Crippen LogP contribution in [0.4, 0.5) is 5.69 Å². The lowest BCUT2D eigenvalue weighted by atomic mass is 10.1. The number of esters is 2. The number of carbonyl (C=O) groups excluding carboxylic acids is 5. The Morgan fingerprint density at radius 2 is 1.10 bits per heavy atom. The summed E-state index contributed by atoms with van der Waals surface area (Å²) in [6.07, 6.45) is -4.56. The van der Waals surface area contributed by atoms with Gasteiger partial charge >= 0.3 is 17.9 Å². The molecular weight excluding hydrogens is 678 g/mol. The molecule has 0 saturated heterocycles. The lowest BCUT2D eigenvalue weighted by molar-refractivity contribution is -0.159.